The van der Waals surface area contributed by atoms with Crippen molar-refractivity contribution in [2.24, 2.45) is 5.73 Å². The lowest BCUT2D eigenvalue weighted by molar-refractivity contribution is -0.143. The summed E-state index contributed by atoms with van der Waals surface area (Å²) < 4.78 is 1.29. The van der Waals surface area contributed by atoms with Crippen LogP contribution in [-0.4, -0.2) is 16.1 Å². The Hall–Kier alpha value is -0.460. The van der Waals surface area contributed by atoms with Crippen LogP contribution in [-0.2, 0) is 10.3 Å². The highest BCUT2D eigenvalue weighted by Crippen LogP contribution is 2.25. The number of halogens is 2. The predicted octanol–water partition coefficient (Wildman–Crippen LogP) is 1.87. The van der Waals surface area contributed by atoms with Crippen molar-refractivity contribution in [2.45, 2.75) is 12.5 Å². The van der Waals surface area contributed by atoms with Gasteiger partial charge in [-0.2, -0.15) is 0 Å². The van der Waals surface area contributed by atoms with Gasteiger partial charge in [0.25, 0.3) is 0 Å². The van der Waals surface area contributed by atoms with Gasteiger partial charge in [0, 0.05) is 11.8 Å². The molecule has 0 aliphatic rings. The third-order valence-electron chi connectivity index (χ3n) is 1.84. The van der Waals surface area contributed by atoms with Gasteiger partial charge in [-0.25, -0.2) is 9.78 Å². The van der Waals surface area contributed by atoms with Gasteiger partial charge in [0.05, 0.1) is 4.47 Å². The fraction of sp³-hybridized carbons (Fsp3) is 0.250. The number of carboxylic acids is 1. The van der Waals surface area contributed by atoms with Crippen molar-refractivity contribution in [2.75, 3.05) is 0 Å². The van der Waals surface area contributed by atoms with Crippen LogP contribution in [0.15, 0.2) is 21.3 Å². The molecular weight excluding hydrogens is 316 g/mol. The molecular formula is C8H8Br2N2O2. The molecule has 6 heteroatoms. The third-order valence-corrected chi connectivity index (χ3v) is 3.61. The Morgan fingerprint density at radius 1 is 1.64 bits per heavy atom. The van der Waals surface area contributed by atoms with Crippen molar-refractivity contribution in [3.05, 3.63) is 26.9 Å². The van der Waals surface area contributed by atoms with Crippen LogP contribution in [0.5, 0.6) is 0 Å². The molecule has 1 rings (SSSR count). The number of rotatable bonds is 2. The van der Waals surface area contributed by atoms with Crippen LogP contribution in [0.25, 0.3) is 0 Å². The van der Waals surface area contributed by atoms with Crippen molar-refractivity contribution in [3.8, 4) is 0 Å². The van der Waals surface area contributed by atoms with E-state index >= 15 is 0 Å². The molecule has 0 saturated heterocycles. The van der Waals surface area contributed by atoms with Crippen LogP contribution in [0, 0.1) is 0 Å². The molecule has 0 bridgehead atoms. The predicted molar refractivity (Wildman–Crippen MR) is 58.8 cm³/mol. The zero-order valence-electron chi connectivity index (χ0n) is 7.29. The molecule has 14 heavy (non-hydrogen) atoms. The van der Waals surface area contributed by atoms with Crippen molar-refractivity contribution in [1.82, 2.24) is 4.98 Å². The Bertz CT molecular complexity index is 380. The number of pyridine rings is 1. The van der Waals surface area contributed by atoms with E-state index in [1.165, 1.54) is 13.1 Å². The van der Waals surface area contributed by atoms with Gasteiger partial charge in [0.2, 0.25) is 0 Å². The number of aliphatic carboxylic acids is 1. The number of nitrogens with zero attached hydrogens (tertiary/aromatic N) is 1. The maximum Gasteiger partial charge on any atom is 0.328 e. The Morgan fingerprint density at radius 3 is 2.64 bits per heavy atom. The summed E-state index contributed by atoms with van der Waals surface area (Å²) in [7, 11) is 0. The first-order chi connectivity index (χ1) is 6.35. The van der Waals surface area contributed by atoms with E-state index < -0.39 is 11.5 Å². The second-order valence-corrected chi connectivity index (χ2v) is 4.61. The lowest BCUT2D eigenvalue weighted by Crippen LogP contribution is -2.41. The first-order valence-corrected chi connectivity index (χ1v) is 5.28. The molecule has 0 radical (unpaired) electrons. The minimum absolute atomic E-state index is 0.445. The molecule has 1 aromatic heterocycles. The number of hydrogen-bond donors (Lipinski definition) is 2. The number of nitrogens with two attached hydrogens (primary N) is 1. The average molecular weight is 324 g/mol. The van der Waals surface area contributed by atoms with Crippen LogP contribution < -0.4 is 5.73 Å². The summed E-state index contributed by atoms with van der Waals surface area (Å²) in [6.07, 6.45) is 1.43. The molecule has 0 saturated carbocycles. The number of carboxylic acid groups (broad SMARTS) is 1. The highest BCUT2D eigenvalue weighted by molar-refractivity contribution is 9.13. The van der Waals surface area contributed by atoms with E-state index in [1.54, 1.807) is 6.07 Å². The van der Waals surface area contributed by atoms with E-state index in [4.69, 9.17) is 10.8 Å². The molecule has 4 nitrogen and oxygen atoms in total. The molecule has 0 aliphatic heterocycles. The fourth-order valence-electron chi connectivity index (χ4n) is 0.829. The zero-order chi connectivity index (χ0) is 10.9. The first-order valence-electron chi connectivity index (χ1n) is 3.69. The molecule has 3 N–H and O–H groups in total. The zero-order valence-corrected chi connectivity index (χ0v) is 10.5. The molecule has 0 amide bonds. The average Bonchev–Trinajstić information content (AvgIpc) is 2.09. The van der Waals surface area contributed by atoms with Gasteiger partial charge in [-0.3, -0.25) is 0 Å². The van der Waals surface area contributed by atoms with E-state index in [1.807, 2.05) is 0 Å². The fourth-order valence-corrected chi connectivity index (χ4v) is 1.39. The quantitative estimate of drug-likeness (QED) is 0.815. The SMILES string of the molecule is C[C@@](N)(C(=O)O)c1cnc(Br)c(Br)c1. The summed E-state index contributed by atoms with van der Waals surface area (Å²) >= 11 is 6.42. The molecule has 0 fully saturated rings. The molecule has 0 aliphatic carbocycles. The lowest BCUT2D eigenvalue weighted by Gasteiger charge is -2.19. The van der Waals surface area contributed by atoms with Crippen LogP contribution >= 0.6 is 31.9 Å². The van der Waals surface area contributed by atoms with Crippen molar-refractivity contribution in [3.63, 3.8) is 0 Å². The van der Waals surface area contributed by atoms with Gasteiger partial charge >= 0.3 is 5.97 Å². The maximum absolute atomic E-state index is 10.8. The Kier molecular flexibility index (Phi) is 3.28. The summed E-state index contributed by atoms with van der Waals surface area (Å²) in [6.45, 7) is 1.42. The standard InChI is InChI=1S/C8H8Br2N2O2/c1-8(11,7(13)14)4-2-5(9)6(10)12-3-4/h2-3H,11H2,1H3,(H,13,14)/t8-/m0/s1. The molecule has 76 valence electrons. The van der Waals surface area contributed by atoms with Crippen LogP contribution in [0.3, 0.4) is 0 Å². The number of carbonyl (C=O) groups is 1. The molecule has 1 aromatic rings. The highest BCUT2D eigenvalue weighted by Gasteiger charge is 2.30. The van der Waals surface area contributed by atoms with Crippen LogP contribution in [0.2, 0.25) is 0 Å². The van der Waals surface area contributed by atoms with Gasteiger partial charge < -0.3 is 10.8 Å². The first kappa shape index (κ1) is 11.6. The van der Waals surface area contributed by atoms with Crippen LogP contribution in [0.4, 0.5) is 0 Å². The van der Waals surface area contributed by atoms with Gasteiger partial charge in [-0.1, -0.05) is 0 Å². The van der Waals surface area contributed by atoms with Crippen molar-refractivity contribution in [1.29, 1.82) is 0 Å². The Balaban J connectivity index is 3.21. The Labute approximate surface area is 97.8 Å². The summed E-state index contributed by atoms with van der Waals surface area (Å²) in [5, 5.41) is 8.88. The van der Waals surface area contributed by atoms with E-state index in [2.05, 4.69) is 36.8 Å². The van der Waals surface area contributed by atoms with E-state index in [-0.39, 0.29) is 0 Å². The van der Waals surface area contributed by atoms with Gasteiger partial charge in [0.15, 0.2) is 0 Å². The summed E-state index contributed by atoms with van der Waals surface area (Å²) in [6, 6.07) is 1.63. The molecule has 0 aromatic carbocycles. The van der Waals surface area contributed by atoms with Crippen molar-refractivity contribution >= 4 is 37.8 Å². The molecule has 1 heterocycles. The van der Waals surface area contributed by atoms with Gasteiger partial charge in [0.1, 0.15) is 10.1 Å². The van der Waals surface area contributed by atoms with Gasteiger partial charge in [-0.05, 0) is 44.8 Å². The molecule has 0 spiro atoms. The van der Waals surface area contributed by atoms with Gasteiger partial charge in [-0.15, -0.1) is 0 Å². The number of aromatic nitrogens is 1. The monoisotopic (exact) mass is 322 g/mol. The topological polar surface area (TPSA) is 76.2 Å². The normalized spacial score (nSPS) is 14.9. The molecule has 0 unspecified atom stereocenters. The highest BCUT2D eigenvalue weighted by atomic mass is 79.9. The number of hydrogen-bond acceptors (Lipinski definition) is 3. The largest absolute Gasteiger partial charge is 0.480 e. The van der Waals surface area contributed by atoms with E-state index in [9.17, 15) is 4.79 Å². The maximum atomic E-state index is 10.8. The smallest absolute Gasteiger partial charge is 0.328 e. The third kappa shape index (κ3) is 2.13. The van der Waals surface area contributed by atoms with Crippen LogP contribution in [0.1, 0.15) is 12.5 Å². The lowest BCUT2D eigenvalue weighted by atomic mass is 9.95. The van der Waals surface area contributed by atoms with E-state index in [0.29, 0.717) is 14.6 Å². The minimum Gasteiger partial charge on any atom is -0.480 e. The summed E-state index contributed by atoms with van der Waals surface area (Å²) in [5.41, 5.74) is 4.65. The second kappa shape index (κ2) is 3.96. The van der Waals surface area contributed by atoms with E-state index in [0.717, 1.165) is 0 Å². The Morgan fingerprint density at radius 2 is 2.21 bits per heavy atom. The second-order valence-electron chi connectivity index (χ2n) is 3.00. The summed E-state index contributed by atoms with van der Waals surface area (Å²) in [4.78, 5) is 14.8. The summed E-state index contributed by atoms with van der Waals surface area (Å²) in [5.74, 6) is -1.09. The molecule has 1 atom stereocenters. The van der Waals surface area contributed by atoms with Crippen molar-refractivity contribution < 1.29 is 9.90 Å². The minimum atomic E-state index is -1.42.